The Morgan fingerprint density at radius 3 is 2.72 bits per heavy atom. The van der Waals surface area contributed by atoms with Gasteiger partial charge in [0, 0.05) is 31.7 Å². The second kappa shape index (κ2) is 8.17. The lowest BCUT2D eigenvalue weighted by atomic mass is 10.0. The highest BCUT2D eigenvalue weighted by atomic mass is 35.5. The maximum atomic E-state index is 5.56. The van der Waals surface area contributed by atoms with Gasteiger partial charge in [0.15, 0.2) is 0 Å². The molecule has 2 heterocycles. The van der Waals surface area contributed by atoms with Gasteiger partial charge in [-0.2, -0.15) is 0 Å². The number of piperazine rings is 1. The zero-order valence-electron chi connectivity index (χ0n) is 15.4. The van der Waals surface area contributed by atoms with Crippen LogP contribution in [-0.4, -0.2) is 46.6 Å². The number of rotatable bonds is 4. The summed E-state index contributed by atoms with van der Waals surface area (Å²) in [6.45, 7) is 10.1. The summed E-state index contributed by atoms with van der Waals surface area (Å²) in [4.78, 5) is 2.45. The monoisotopic (exact) mass is 365 g/mol. The minimum absolute atomic E-state index is 0. The molecule has 25 heavy (non-hydrogen) atoms. The Hall–Kier alpha value is -1.63. The minimum Gasteiger partial charge on any atom is -0.496 e. The van der Waals surface area contributed by atoms with Crippen LogP contribution < -0.4 is 10.1 Å². The molecule has 1 N–H and O–H groups in total. The number of hydrogen-bond acceptors (Lipinski definition) is 5. The molecule has 1 fully saturated rings. The normalized spacial score (nSPS) is 18.6. The molecule has 0 bridgehead atoms. The number of para-hydroxylation sites is 1. The number of methoxy groups -OCH3 is 1. The number of nitrogens with one attached hydrogen (secondary N) is 1. The molecule has 0 saturated carbocycles. The average molecular weight is 366 g/mol. The quantitative estimate of drug-likeness (QED) is 0.902. The number of aromatic nitrogens is 3. The van der Waals surface area contributed by atoms with Crippen molar-refractivity contribution >= 4 is 12.4 Å². The van der Waals surface area contributed by atoms with E-state index in [9.17, 15) is 0 Å². The molecule has 1 aromatic heterocycles. The van der Waals surface area contributed by atoms with Gasteiger partial charge in [0.05, 0.1) is 30.6 Å². The van der Waals surface area contributed by atoms with E-state index in [1.54, 1.807) is 7.11 Å². The molecule has 1 atom stereocenters. The Balaban J connectivity index is 0.00000225. The highest BCUT2D eigenvalue weighted by Gasteiger charge is 2.27. The maximum Gasteiger partial charge on any atom is 0.123 e. The third-order valence-corrected chi connectivity index (χ3v) is 4.45. The SMILES string of the molecule is COc1ccccc1C1CNCCN1Cc1cn(C(C)(C)C)nn1.Cl. The molecule has 1 aliphatic heterocycles. The predicted molar refractivity (Wildman–Crippen MR) is 101 cm³/mol. The standard InChI is InChI=1S/C18H27N5O.ClH/c1-18(2,3)23-13-14(20-21-23)12-22-10-9-19-11-16(22)15-7-5-6-8-17(15)24-4;/h5-8,13,16,19H,9-12H2,1-4H3;1H. The Bertz CT molecular complexity index is 682. The third-order valence-electron chi connectivity index (χ3n) is 4.45. The summed E-state index contributed by atoms with van der Waals surface area (Å²) in [7, 11) is 1.73. The molecule has 1 unspecified atom stereocenters. The van der Waals surface area contributed by atoms with E-state index in [0.29, 0.717) is 0 Å². The highest BCUT2D eigenvalue weighted by Crippen LogP contribution is 2.31. The summed E-state index contributed by atoms with van der Waals surface area (Å²) in [6.07, 6.45) is 2.06. The van der Waals surface area contributed by atoms with Crippen LogP contribution in [0, 0.1) is 0 Å². The van der Waals surface area contributed by atoms with Crippen LogP contribution in [-0.2, 0) is 12.1 Å². The van der Waals surface area contributed by atoms with Gasteiger partial charge in [0.25, 0.3) is 0 Å². The highest BCUT2D eigenvalue weighted by molar-refractivity contribution is 5.85. The van der Waals surface area contributed by atoms with Crippen LogP contribution in [0.2, 0.25) is 0 Å². The van der Waals surface area contributed by atoms with Crippen LogP contribution in [0.25, 0.3) is 0 Å². The largest absolute Gasteiger partial charge is 0.496 e. The molecule has 1 saturated heterocycles. The minimum atomic E-state index is -0.0449. The van der Waals surface area contributed by atoms with E-state index in [1.165, 1.54) is 5.56 Å². The van der Waals surface area contributed by atoms with Crippen molar-refractivity contribution in [3.05, 3.63) is 41.7 Å². The van der Waals surface area contributed by atoms with Gasteiger partial charge in [-0.25, -0.2) is 4.68 Å². The van der Waals surface area contributed by atoms with Crippen molar-refractivity contribution in [3.63, 3.8) is 0 Å². The van der Waals surface area contributed by atoms with Gasteiger partial charge < -0.3 is 10.1 Å². The maximum absolute atomic E-state index is 5.56. The van der Waals surface area contributed by atoms with Crippen LogP contribution >= 0.6 is 12.4 Å². The van der Waals surface area contributed by atoms with E-state index in [-0.39, 0.29) is 24.0 Å². The Labute approximate surface area is 156 Å². The molecule has 0 radical (unpaired) electrons. The molecule has 7 heteroatoms. The number of benzene rings is 1. The van der Waals surface area contributed by atoms with Gasteiger partial charge in [-0.15, -0.1) is 17.5 Å². The van der Waals surface area contributed by atoms with Crippen LogP contribution in [0.3, 0.4) is 0 Å². The Kier molecular flexibility index (Phi) is 6.43. The molecule has 0 aliphatic carbocycles. The first-order valence-electron chi connectivity index (χ1n) is 8.48. The fourth-order valence-electron chi connectivity index (χ4n) is 3.09. The van der Waals surface area contributed by atoms with E-state index in [4.69, 9.17) is 4.74 Å². The van der Waals surface area contributed by atoms with E-state index in [1.807, 2.05) is 16.8 Å². The van der Waals surface area contributed by atoms with Gasteiger partial charge in [-0.3, -0.25) is 4.90 Å². The zero-order valence-corrected chi connectivity index (χ0v) is 16.2. The molecule has 0 amide bonds. The summed E-state index contributed by atoms with van der Waals surface area (Å²) in [5.41, 5.74) is 2.18. The van der Waals surface area contributed by atoms with Crippen LogP contribution in [0.4, 0.5) is 0 Å². The molecule has 1 aromatic carbocycles. The van der Waals surface area contributed by atoms with Crippen LogP contribution in [0.5, 0.6) is 5.75 Å². The van der Waals surface area contributed by atoms with Gasteiger partial charge in [-0.05, 0) is 26.8 Å². The molecule has 1 aliphatic rings. The van der Waals surface area contributed by atoms with Crippen molar-refractivity contribution in [1.82, 2.24) is 25.2 Å². The topological polar surface area (TPSA) is 55.2 Å². The lowest BCUT2D eigenvalue weighted by molar-refractivity contribution is 0.149. The molecule has 6 nitrogen and oxygen atoms in total. The van der Waals surface area contributed by atoms with Gasteiger partial charge >= 0.3 is 0 Å². The lowest BCUT2D eigenvalue weighted by Crippen LogP contribution is -2.45. The first-order valence-corrected chi connectivity index (χ1v) is 8.48. The van der Waals surface area contributed by atoms with Gasteiger partial charge in [-0.1, -0.05) is 23.4 Å². The van der Waals surface area contributed by atoms with Crippen molar-refractivity contribution in [2.75, 3.05) is 26.7 Å². The third kappa shape index (κ3) is 4.51. The smallest absolute Gasteiger partial charge is 0.123 e. The molecule has 2 aromatic rings. The molecule has 0 spiro atoms. The average Bonchev–Trinajstić information content (AvgIpc) is 3.04. The van der Waals surface area contributed by atoms with E-state index >= 15 is 0 Å². The van der Waals surface area contributed by atoms with Crippen LogP contribution in [0.15, 0.2) is 30.5 Å². The van der Waals surface area contributed by atoms with Crippen molar-refractivity contribution in [2.45, 2.75) is 38.9 Å². The summed E-state index contributed by atoms with van der Waals surface area (Å²) < 4.78 is 7.49. The second-order valence-corrected chi connectivity index (χ2v) is 7.26. The number of halogens is 1. The molecule has 3 rings (SSSR count). The van der Waals surface area contributed by atoms with Crippen molar-refractivity contribution in [2.24, 2.45) is 0 Å². The first-order chi connectivity index (χ1) is 11.5. The number of hydrogen-bond donors (Lipinski definition) is 1. The van der Waals surface area contributed by atoms with Crippen LogP contribution in [0.1, 0.15) is 38.1 Å². The van der Waals surface area contributed by atoms with Crippen molar-refractivity contribution in [1.29, 1.82) is 0 Å². The second-order valence-electron chi connectivity index (χ2n) is 7.26. The lowest BCUT2D eigenvalue weighted by Gasteiger charge is -2.36. The molecular weight excluding hydrogens is 338 g/mol. The Morgan fingerprint density at radius 1 is 1.28 bits per heavy atom. The zero-order chi connectivity index (χ0) is 17.2. The van der Waals surface area contributed by atoms with Gasteiger partial charge in [0.1, 0.15) is 5.75 Å². The number of ether oxygens (including phenoxy) is 1. The molecular formula is C18H28ClN5O. The molecule has 138 valence electrons. The number of nitrogens with zero attached hydrogens (tertiary/aromatic N) is 4. The van der Waals surface area contributed by atoms with E-state index in [2.05, 4.69) is 59.6 Å². The van der Waals surface area contributed by atoms with Crippen molar-refractivity contribution < 1.29 is 4.74 Å². The van der Waals surface area contributed by atoms with E-state index in [0.717, 1.165) is 37.6 Å². The summed E-state index contributed by atoms with van der Waals surface area (Å²) in [6, 6.07) is 8.53. The predicted octanol–water partition coefficient (Wildman–Crippen LogP) is 2.61. The summed E-state index contributed by atoms with van der Waals surface area (Å²) >= 11 is 0. The fraction of sp³-hybridized carbons (Fsp3) is 0.556. The van der Waals surface area contributed by atoms with E-state index < -0.39 is 0 Å². The Morgan fingerprint density at radius 2 is 2.04 bits per heavy atom. The first kappa shape index (κ1) is 19.7. The van der Waals surface area contributed by atoms with Gasteiger partial charge in [0.2, 0.25) is 0 Å². The summed E-state index contributed by atoms with van der Waals surface area (Å²) in [5, 5.41) is 12.1. The van der Waals surface area contributed by atoms with Crippen molar-refractivity contribution in [3.8, 4) is 5.75 Å². The fourth-order valence-corrected chi connectivity index (χ4v) is 3.09. The summed E-state index contributed by atoms with van der Waals surface area (Å²) in [5.74, 6) is 0.939.